The molecule has 114 valence electrons. The molecule has 1 heterocycles. The number of aromatic amines is 1. The highest BCUT2D eigenvalue weighted by molar-refractivity contribution is 7.99. The van der Waals surface area contributed by atoms with Gasteiger partial charge in [-0.1, -0.05) is 25.6 Å². The van der Waals surface area contributed by atoms with Crippen LogP contribution in [-0.4, -0.2) is 28.7 Å². The number of H-pyrrole nitrogens is 1. The lowest BCUT2D eigenvalue weighted by Crippen LogP contribution is -2.30. The Morgan fingerprint density at radius 3 is 2.90 bits per heavy atom. The third-order valence-corrected chi connectivity index (χ3v) is 4.54. The minimum Gasteiger partial charge on any atom is -0.497 e. The molecule has 0 unspecified atom stereocenters. The Morgan fingerprint density at radius 2 is 2.24 bits per heavy atom. The van der Waals surface area contributed by atoms with Gasteiger partial charge in [-0.2, -0.15) is 0 Å². The molecule has 1 aromatic carbocycles. The maximum Gasteiger partial charge on any atom is 0.166 e. The number of aromatic nitrogens is 2. The van der Waals surface area contributed by atoms with Gasteiger partial charge in [-0.05, 0) is 25.0 Å². The first kappa shape index (κ1) is 15.7. The van der Waals surface area contributed by atoms with E-state index in [1.165, 1.54) is 0 Å². The number of ether oxygens (including phenoxy) is 1. The van der Waals surface area contributed by atoms with Crippen LogP contribution in [0.2, 0.25) is 0 Å². The first-order valence-electron chi connectivity index (χ1n) is 6.93. The average Bonchev–Trinajstić information content (AvgIpc) is 2.85. The lowest BCUT2D eigenvalue weighted by atomic mass is 9.87. The van der Waals surface area contributed by atoms with Gasteiger partial charge in [0.25, 0.3) is 0 Å². The van der Waals surface area contributed by atoms with Crippen LogP contribution < -0.4 is 10.5 Å². The number of amidine groups is 1. The van der Waals surface area contributed by atoms with Gasteiger partial charge in [0.05, 0.1) is 24.0 Å². The highest BCUT2D eigenvalue weighted by atomic mass is 32.2. The summed E-state index contributed by atoms with van der Waals surface area (Å²) < 4.78 is 5.20. The van der Waals surface area contributed by atoms with Crippen LogP contribution in [0.25, 0.3) is 11.0 Å². The third kappa shape index (κ3) is 3.91. The number of imidazole rings is 1. The molecule has 0 aliphatic rings. The number of fused-ring (bicyclic) bond motifs is 1. The van der Waals surface area contributed by atoms with Crippen LogP contribution in [0.3, 0.4) is 0 Å². The molecule has 2 rings (SSSR count). The van der Waals surface area contributed by atoms with Crippen LogP contribution in [0.5, 0.6) is 5.75 Å². The number of nitrogens with zero attached hydrogens (tertiary/aromatic N) is 1. The minimum absolute atomic E-state index is 0.220. The van der Waals surface area contributed by atoms with Crippen molar-refractivity contribution >= 4 is 28.6 Å². The number of hydrogen-bond acceptors (Lipinski definition) is 4. The zero-order valence-electron chi connectivity index (χ0n) is 12.7. The standard InChI is InChI=1S/C15H22N4OS/c1-15(2,13(16)17)7-4-8-21-14-18-11-6-5-10(20-3)9-12(11)19-14/h5-6,9H,4,7-8H2,1-3H3,(H3,16,17)(H,18,19). The highest BCUT2D eigenvalue weighted by Crippen LogP contribution is 2.26. The van der Waals surface area contributed by atoms with E-state index in [0.717, 1.165) is 40.5 Å². The van der Waals surface area contributed by atoms with Gasteiger partial charge in [-0.3, -0.25) is 5.41 Å². The molecule has 0 radical (unpaired) electrons. The number of methoxy groups -OCH3 is 1. The van der Waals surface area contributed by atoms with Gasteiger partial charge >= 0.3 is 0 Å². The average molecular weight is 306 g/mol. The summed E-state index contributed by atoms with van der Waals surface area (Å²) in [4.78, 5) is 7.84. The maximum atomic E-state index is 7.55. The molecule has 4 N–H and O–H groups in total. The van der Waals surface area contributed by atoms with Gasteiger partial charge in [-0.15, -0.1) is 0 Å². The molecule has 1 aromatic heterocycles. The number of nitrogens with one attached hydrogen (secondary N) is 2. The second-order valence-electron chi connectivity index (χ2n) is 5.67. The zero-order chi connectivity index (χ0) is 15.5. The Bertz CT molecular complexity index is 636. The van der Waals surface area contributed by atoms with Crippen molar-refractivity contribution in [1.29, 1.82) is 5.41 Å². The fourth-order valence-corrected chi connectivity index (χ4v) is 2.81. The zero-order valence-corrected chi connectivity index (χ0v) is 13.5. The lowest BCUT2D eigenvalue weighted by molar-refractivity contribution is 0.415. The molecule has 21 heavy (non-hydrogen) atoms. The second kappa shape index (κ2) is 6.39. The first-order chi connectivity index (χ1) is 9.92. The summed E-state index contributed by atoms with van der Waals surface area (Å²) in [6.45, 7) is 4.01. The number of benzene rings is 1. The molecule has 0 spiro atoms. The van der Waals surface area contributed by atoms with Crippen LogP contribution in [0.4, 0.5) is 0 Å². The first-order valence-corrected chi connectivity index (χ1v) is 7.92. The number of hydrogen-bond donors (Lipinski definition) is 3. The van der Waals surface area contributed by atoms with Crippen LogP contribution in [0.1, 0.15) is 26.7 Å². The molecule has 2 aromatic rings. The minimum atomic E-state index is -0.220. The van der Waals surface area contributed by atoms with E-state index < -0.39 is 0 Å². The number of rotatable bonds is 7. The SMILES string of the molecule is COc1ccc2nc(SCCCC(C)(C)C(=N)N)[nH]c2c1. The fraction of sp³-hybridized carbons (Fsp3) is 0.467. The Labute approximate surface area is 129 Å². The molecule has 0 aliphatic carbocycles. The molecule has 0 fully saturated rings. The molecule has 0 saturated heterocycles. The summed E-state index contributed by atoms with van der Waals surface area (Å²) >= 11 is 1.69. The van der Waals surface area contributed by atoms with Crippen molar-refractivity contribution < 1.29 is 4.74 Å². The van der Waals surface area contributed by atoms with Crippen molar-refractivity contribution in [3.8, 4) is 5.75 Å². The summed E-state index contributed by atoms with van der Waals surface area (Å²) in [5.41, 5.74) is 7.30. The number of nitrogens with two attached hydrogens (primary N) is 1. The van der Waals surface area contributed by atoms with Crippen LogP contribution >= 0.6 is 11.8 Å². The van der Waals surface area contributed by atoms with Gasteiger partial charge in [0, 0.05) is 17.2 Å². The van der Waals surface area contributed by atoms with Crippen molar-refractivity contribution in [3.63, 3.8) is 0 Å². The molecule has 0 saturated carbocycles. The van der Waals surface area contributed by atoms with Gasteiger partial charge < -0.3 is 15.5 Å². The van der Waals surface area contributed by atoms with E-state index in [1.807, 2.05) is 32.0 Å². The van der Waals surface area contributed by atoms with Crippen molar-refractivity contribution in [3.05, 3.63) is 18.2 Å². The molecule has 0 aliphatic heterocycles. The van der Waals surface area contributed by atoms with Crippen molar-refractivity contribution in [2.75, 3.05) is 12.9 Å². The highest BCUT2D eigenvalue weighted by Gasteiger charge is 2.20. The monoisotopic (exact) mass is 306 g/mol. The van der Waals surface area contributed by atoms with Gasteiger partial charge in [0.1, 0.15) is 5.75 Å². The topological polar surface area (TPSA) is 87.8 Å². The summed E-state index contributed by atoms with van der Waals surface area (Å²) in [5.74, 6) is 2.03. The molecular formula is C15H22N4OS. The van der Waals surface area contributed by atoms with Crippen molar-refractivity contribution in [1.82, 2.24) is 9.97 Å². The van der Waals surface area contributed by atoms with E-state index in [4.69, 9.17) is 15.9 Å². The van der Waals surface area contributed by atoms with Crippen molar-refractivity contribution in [2.45, 2.75) is 31.8 Å². The smallest absolute Gasteiger partial charge is 0.166 e. The van der Waals surface area contributed by atoms with Crippen molar-refractivity contribution in [2.24, 2.45) is 11.1 Å². The van der Waals surface area contributed by atoms with E-state index in [1.54, 1.807) is 18.9 Å². The van der Waals surface area contributed by atoms with Gasteiger partial charge in [-0.25, -0.2) is 4.98 Å². The molecule has 0 amide bonds. The fourth-order valence-electron chi connectivity index (χ4n) is 1.98. The summed E-state index contributed by atoms with van der Waals surface area (Å²) in [6, 6.07) is 5.81. The summed E-state index contributed by atoms with van der Waals surface area (Å²) in [6.07, 6.45) is 1.90. The number of thioether (sulfide) groups is 1. The largest absolute Gasteiger partial charge is 0.497 e. The Hall–Kier alpha value is -1.69. The van der Waals surface area contributed by atoms with Gasteiger partial charge in [0.15, 0.2) is 5.16 Å². The molecule has 0 atom stereocenters. The Kier molecular flexibility index (Phi) is 4.77. The summed E-state index contributed by atoms with van der Waals surface area (Å²) in [7, 11) is 1.66. The van der Waals surface area contributed by atoms with E-state index in [0.29, 0.717) is 0 Å². The van der Waals surface area contributed by atoms with Crippen LogP contribution in [-0.2, 0) is 0 Å². The summed E-state index contributed by atoms with van der Waals surface area (Å²) in [5, 5.41) is 8.46. The predicted molar refractivity (Wildman–Crippen MR) is 88.3 cm³/mol. The van der Waals surface area contributed by atoms with E-state index in [2.05, 4.69) is 9.97 Å². The Morgan fingerprint density at radius 1 is 1.48 bits per heavy atom. The third-order valence-electron chi connectivity index (χ3n) is 3.58. The van der Waals surface area contributed by atoms with E-state index >= 15 is 0 Å². The molecule has 0 bridgehead atoms. The van der Waals surface area contributed by atoms with Gasteiger partial charge in [0.2, 0.25) is 0 Å². The van der Waals surface area contributed by atoms with E-state index in [9.17, 15) is 0 Å². The quantitative estimate of drug-likeness (QED) is 0.316. The predicted octanol–water partition coefficient (Wildman–Crippen LogP) is 3.41. The molecule has 6 heteroatoms. The van der Waals surface area contributed by atoms with Crippen LogP contribution in [0, 0.1) is 10.8 Å². The maximum absolute atomic E-state index is 7.55. The Balaban J connectivity index is 1.90. The molecular weight excluding hydrogens is 284 g/mol. The second-order valence-corrected chi connectivity index (χ2v) is 6.76. The van der Waals surface area contributed by atoms with Crippen LogP contribution in [0.15, 0.2) is 23.4 Å². The van der Waals surface area contributed by atoms with E-state index in [-0.39, 0.29) is 11.3 Å². The normalized spacial score (nSPS) is 11.8. The lowest BCUT2D eigenvalue weighted by Gasteiger charge is -2.22. The molecule has 5 nitrogen and oxygen atoms in total.